The van der Waals surface area contributed by atoms with Gasteiger partial charge in [0.1, 0.15) is 0 Å². The van der Waals surface area contributed by atoms with Crippen LogP contribution in [0.5, 0.6) is 0 Å². The maximum Gasteiger partial charge on any atom is 0.238 e. The second-order valence-electron chi connectivity index (χ2n) is 14.7. The van der Waals surface area contributed by atoms with Crippen LogP contribution in [-0.4, -0.2) is 28.7 Å². The van der Waals surface area contributed by atoms with Gasteiger partial charge in [-0.1, -0.05) is 133 Å². The molecular weight excluding hydrogens is 723 g/mol. The van der Waals surface area contributed by atoms with E-state index in [1.54, 1.807) is 0 Å². The van der Waals surface area contributed by atoms with Gasteiger partial charge >= 0.3 is 0 Å². The van der Waals surface area contributed by atoms with Crippen molar-refractivity contribution in [3.05, 3.63) is 199 Å². The molecule has 0 bridgehead atoms. The molecule has 0 aliphatic carbocycles. The molecule has 4 aromatic heterocycles. The van der Waals surface area contributed by atoms with Crippen molar-refractivity contribution in [3.8, 4) is 40.1 Å². The zero-order valence-electron chi connectivity index (χ0n) is 31.5. The SMILES string of the molecule is [C-]#[N+]c1ccc(-n2c3ccccc3c3c2ccc2c4ccccc4n(-c4ccccc4)c23)c(-c2nc(-c3ccccc3)nc(-n3c4ccccc4c4ccccc43)n2)c1. The number of nitrogens with zero attached hydrogens (tertiary/aromatic N) is 7. The molecule has 0 aliphatic rings. The van der Waals surface area contributed by atoms with E-state index in [9.17, 15) is 0 Å². The molecule has 8 aromatic carbocycles. The minimum Gasteiger partial charge on any atom is -0.309 e. The van der Waals surface area contributed by atoms with Crippen molar-refractivity contribution in [2.75, 3.05) is 0 Å². The first kappa shape index (κ1) is 32.9. The molecule has 0 N–H and O–H groups in total. The molecule has 0 unspecified atom stereocenters. The van der Waals surface area contributed by atoms with Gasteiger partial charge in [0.15, 0.2) is 17.3 Å². The number of fused-ring (bicyclic) bond motifs is 10. The van der Waals surface area contributed by atoms with Crippen molar-refractivity contribution < 1.29 is 0 Å². The Hall–Kier alpha value is -8.34. The molecule has 0 radical (unpaired) electrons. The van der Waals surface area contributed by atoms with E-state index < -0.39 is 0 Å². The van der Waals surface area contributed by atoms with E-state index >= 15 is 0 Å². The number of benzene rings is 8. The van der Waals surface area contributed by atoms with E-state index in [1.807, 2.05) is 60.7 Å². The molecule has 7 nitrogen and oxygen atoms in total. The zero-order chi connectivity index (χ0) is 39.0. The van der Waals surface area contributed by atoms with Crippen molar-refractivity contribution in [3.63, 3.8) is 0 Å². The molecular formula is C52H31N7. The smallest absolute Gasteiger partial charge is 0.238 e. The van der Waals surface area contributed by atoms with Gasteiger partial charge in [-0.25, -0.2) is 9.83 Å². The van der Waals surface area contributed by atoms with E-state index in [1.165, 1.54) is 10.8 Å². The Balaban J connectivity index is 1.19. The second-order valence-corrected chi connectivity index (χ2v) is 14.7. The molecule has 0 saturated heterocycles. The summed E-state index contributed by atoms with van der Waals surface area (Å²) < 4.78 is 6.83. The lowest BCUT2D eigenvalue weighted by atomic mass is 10.1. The quantitative estimate of drug-likeness (QED) is 0.164. The van der Waals surface area contributed by atoms with Gasteiger partial charge in [0.25, 0.3) is 0 Å². The van der Waals surface area contributed by atoms with Crippen LogP contribution in [0.4, 0.5) is 5.69 Å². The summed E-state index contributed by atoms with van der Waals surface area (Å²) in [4.78, 5) is 19.6. The Bertz CT molecular complexity index is 3630. The van der Waals surface area contributed by atoms with Crippen LogP contribution in [0.3, 0.4) is 0 Å². The van der Waals surface area contributed by atoms with Crippen LogP contribution in [0.2, 0.25) is 0 Å². The third kappa shape index (κ3) is 4.90. The number of hydrogen-bond acceptors (Lipinski definition) is 3. The molecule has 274 valence electrons. The van der Waals surface area contributed by atoms with E-state index in [0.29, 0.717) is 23.3 Å². The van der Waals surface area contributed by atoms with Crippen molar-refractivity contribution in [1.29, 1.82) is 0 Å². The predicted octanol–water partition coefficient (Wildman–Crippen LogP) is 13.0. The maximum absolute atomic E-state index is 8.13. The van der Waals surface area contributed by atoms with Crippen LogP contribution >= 0.6 is 0 Å². The normalized spacial score (nSPS) is 11.7. The predicted molar refractivity (Wildman–Crippen MR) is 240 cm³/mol. The zero-order valence-corrected chi connectivity index (χ0v) is 31.5. The van der Waals surface area contributed by atoms with Crippen LogP contribution in [0.25, 0.3) is 110 Å². The molecule has 0 amide bonds. The fourth-order valence-electron chi connectivity index (χ4n) is 9.02. The van der Waals surface area contributed by atoms with Crippen molar-refractivity contribution >= 4 is 71.1 Å². The maximum atomic E-state index is 8.13. The van der Waals surface area contributed by atoms with E-state index in [2.05, 4.69) is 146 Å². The van der Waals surface area contributed by atoms with Crippen LogP contribution < -0.4 is 0 Å². The summed E-state index contributed by atoms with van der Waals surface area (Å²) >= 11 is 0. The van der Waals surface area contributed by atoms with E-state index in [0.717, 1.165) is 77.1 Å². The summed E-state index contributed by atoms with van der Waals surface area (Å²) in [5, 5.41) is 6.88. The molecule has 0 aliphatic heterocycles. The molecule has 12 rings (SSSR count). The fourth-order valence-corrected chi connectivity index (χ4v) is 9.02. The van der Waals surface area contributed by atoms with Crippen LogP contribution in [0, 0.1) is 6.57 Å². The van der Waals surface area contributed by atoms with Crippen LogP contribution in [0.15, 0.2) is 188 Å². The minimum absolute atomic E-state index is 0.474. The molecule has 0 spiro atoms. The molecule has 0 atom stereocenters. The van der Waals surface area contributed by atoms with Gasteiger partial charge in [0, 0.05) is 49.1 Å². The number of para-hydroxylation sites is 5. The average molecular weight is 754 g/mol. The molecule has 0 fully saturated rings. The van der Waals surface area contributed by atoms with Gasteiger partial charge in [-0.15, -0.1) is 0 Å². The van der Waals surface area contributed by atoms with Gasteiger partial charge in [-0.05, 0) is 54.6 Å². The highest BCUT2D eigenvalue weighted by Crippen LogP contribution is 2.44. The first-order valence-corrected chi connectivity index (χ1v) is 19.6. The highest BCUT2D eigenvalue weighted by atomic mass is 15.2. The number of aromatic nitrogens is 6. The largest absolute Gasteiger partial charge is 0.309 e. The summed E-state index contributed by atoms with van der Waals surface area (Å²) in [5.74, 6) is 1.52. The Morgan fingerprint density at radius 1 is 0.407 bits per heavy atom. The highest BCUT2D eigenvalue weighted by Gasteiger charge is 2.24. The van der Waals surface area contributed by atoms with Crippen molar-refractivity contribution in [2.24, 2.45) is 0 Å². The van der Waals surface area contributed by atoms with E-state index in [-0.39, 0.29) is 0 Å². The number of hydrogen-bond donors (Lipinski definition) is 0. The third-order valence-corrected chi connectivity index (χ3v) is 11.5. The van der Waals surface area contributed by atoms with E-state index in [4.69, 9.17) is 21.5 Å². The van der Waals surface area contributed by atoms with Gasteiger partial charge in [0.05, 0.1) is 45.4 Å². The number of rotatable bonds is 5. The molecule has 12 aromatic rings. The highest BCUT2D eigenvalue weighted by molar-refractivity contribution is 6.26. The lowest BCUT2D eigenvalue weighted by molar-refractivity contribution is 0.952. The Labute approximate surface area is 338 Å². The Morgan fingerprint density at radius 2 is 0.949 bits per heavy atom. The van der Waals surface area contributed by atoms with Gasteiger partial charge in [0.2, 0.25) is 5.95 Å². The summed E-state index contributed by atoms with van der Waals surface area (Å²) in [6, 6.07) is 64.9. The van der Waals surface area contributed by atoms with Crippen molar-refractivity contribution in [2.45, 2.75) is 0 Å². The standard InChI is InChI=1S/C52H31N7/c1-53-34-28-30-46(58-45-27-15-11-23-40(45)48-47(58)31-29-39-38-22-10-12-24-42(38)57(49(39)48)35-18-6-3-7-19-35)41(32-34)51-54-50(33-16-4-2-5-17-33)55-52(56-51)59-43-25-13-8-20-36(43)37-21-9-14-26-44(37)59/h2-32H. The monoisotopic (exact) mass is 753 g/mol. The second kappa shape index (κ2) is 12.8. The fraction of sp³-hybridized carbons (Fsp3) is 0. The Morgan fingerprint density at radius 3 is 1.61 bits per heavy atom. The van der Waals surface area contributed by atoms with Gasteiger partial charge in [-0.3, -0.25) is 4.57 Å². The third-order valence-electron chi connectivity index (χ3n) is 11.5. The first-order valence-electron chi connectivity index (χ1n) is 19.6. The summed E-state index contributed by atoms with van der Waals surface area (Å²) in [7, 11) is 0. The molecule has 0 saturated carbocycles. The first-order chi connectivity index (χ1) is 29.2. The van der Waals surface area contributed by atoms with Gasteiger partial charge < -0.3 is 9.13 Å². The molecule has 59 heavy (non-hydrogen) atoms. The van der Waals surface area contributed by atoms with Crippen molar-refractivity contribution in [1.82, 2.24) is 28.7 Å². The summed E-state index contributed by atoms with van der Waals surface area (Å²) in [6.07, 6.45) is 0. The molecule has 4 heterocycles. The van der Waals surface area contributed by atoms with Crippen LogP contribution in [0.1, 0.15) is 0 Å². The summed E-state index contributed by atoms with van der Waals surface area (Å²) in [6.45, 7) is 8.13. The Kier molecular flexibility index (Phi) is 7.16. The minimum atomic E-state index is 0.474. The lowest BCUT2D eigenvalue weighted by Gasteiger charge is -2.16. The topological polar surface area (TPSA) is 57.8 Å². The summed E-state index contributed by atoms with van der Waals surface area (Å²) in [5.41, 5.74) is 10.4. The molecule has 7 heteroatoms. The van der Waals surface area contributed by atoms with Gasteiger partial charge in [-0.2, -0.15) is 9.97 Å². The lowest BCUT2D eigenvalue weighted by Crippen LogP contribution is -2.07. The van der Waals surface area contributed by atoms with Crippen LogP contribution in [-0.2, 0) is 0 Å². The average Bonchev–Trinajstić information content (AvgIpc) is 3.95.